The topological polar surface area (TPSA) is 41.1 Å². The van der Waals surface area contributed by atoms with E-state index in [9.17, 15) is 4.79 Å². The number of nitrogens with one attached hydrogen (secondary N) is 2. The van der Waals surface area contributed by atoms with Crippen LogP contribution in [0.2, 0.25) is 10.0 Å². The van der Waals surface area contributed by atoms with Crippen LogP contribution in [0.4, 0.5) is 5.69 Å². The van der Waals surface area contributed by atoms with Crippen LogP contribution in [0.1, 0.15) is 18.4 Å². The normalized spacial score (nSPS) is 21.4. The van der Waals surface area contributed by atoms with E-state index < -0.39 is 5.41 Å². The summed E-state index contributed by atoms with van der Waals surface area (Å²) in [7, 11) is 0. The second-order valence-electron chi connectivity index (χ2n) is 4.60. The van der Waals surface area contributed by atoms with Crippen molar-refractivity contribution >= 4 is 34.8 Å². The average Bonchev–Trinajstić information content (AvgIpc) is 2.56. The van der Waals surface area contributed by atoms with Gasteiger partial charge in [0.1, 0.15) is 0 Å². The van der Waals surface area contributed by atoms with E-state index in [0.717, 1.165) is 37.2 Å². The monoisotopic (exact) mass is 270 g/mol. The Morgan fingerprint density at radius 1 is 1.18 bits per heavy atom. The summed E-state index contributed by atoms with van der Waals surface area (Å²) in [6, 6.07) is 3.54. The number of amides is 1. The molecule has 0 saturated carbocycles. The lowest BCUT2D eigenvalue weighted by atomic mass is 9.74. The molecule has 1 spiro atoms. The second kappa shape index (κ2) is 3.87. The molecule has 5 heteroatoms. The first kappa shape index (κ1) is 11.3. The summed E-state index contributed by atoms with van der Waals surface area (Å²) in [6.07, 6.45) is 1.59. The molecule has 0 aromatic heterocycles. The van der Waals surface area contributed by atoms with Gasteiger partial charge >= 0.3 is 0 Å². The van der Waals surface area contributed by atoms with Crippen LogP contribution in [0, 0.1) is 0 Å². The lowest BCUT2D eigenvalue weighted by molar-refractivity contribution is -0.121. The third-order valence-corrected chi connectivity index (χ3v) is 4.22. The quantitative estimate of drug-likeness (QED) is 0.761. The molecule has 0 unspecified atom stereocenters. The first-order chi connectivity index (χ1) is 8.13. The zero-order valence-corrected chi connectivity index (χ0v) is 10.7. The lowest BCUT2D eigenvalue weighted by Gasteiger charge is -2.32. The maximum absolute atomic E-state index is 12.2. The third kappa shape index (κ3) is 1.57. The van der Waals surface area contributed by atoms with Crippen LogP contribution in [0.15, 0.2) is 12.1 Å². The molecule has 1 saturated heterocycles. The predicted octanol–water partition coefficient (Wildman–Crippen LogP) is 2.57. The van der Waals surface area contributed by atoms with Crippen LogP contribution in [0.25, 0.3) is 0 Å². The van der Waals surface area contributed by atoms with E-state index >= 15 is 0 Å². The van der Waals surface area contributed by atoms with Gasteiger partial charge in [0.05, 0.1) is 16.1 Å². The van der Waals surface area contributed by atoms with Gasteiger partial charge in [-0.2, -0.15) is 0 Å². The fourth-order valence-electron chi connectivity index (χ4n) is 2.78. The van der Waals surface area contributed by atoms with Crippen molar-refractivity contribution in [1.82, 2.24) is 5.32 Å². The van der Waals surface area contributed by atoms with Crippen molar-refractivity contribution in [3.05, 3.63) is 27.7 Å². The molecule has 2 heterocycles. The van der Waals surface area contributed by atoms with Crippen molar-refractivity contribution in [2.45, 2.75) is 18.3 Å². The number of anilines is 1. The minimum Gasteiger partial charge on any atom is -0.324 e. The average molecular weight is 271 g/mol. The Balaban J connectivity index is 2.18. The van der Waals surface area contributed by atoms with Crippen LogP contribution >= 0.6 is 23.2 Å². The van der Waals surface area contributed by atoms with Gasteiger partial charge in [0, 0.05) is 5.02 Å². The van der Waals surface area contributed by atoms with E-state index in [0.29, 0.717) is 10.0 Å². The highest BCUT2D eigenvalue weighted by Gasteiger charge is 2.47. The van der Waals surface area contributed by atoms with Gasteiger partial charge in [-0.25, -0.2) is 0 Å². The van der Waals surface area contributed by atoms with Gasteiger partial charge in [0.15, 0.2) is 0 Å². The molecule has 3 rings (SSSR count). The van der Waals surface area contributed by atoms with Gasteiger partial charge in [-0.3, -0.25) is 4.79 Å². The molecule has 0 atom stereocenters. The maximum atomic E-state index is 12.2. The third-order valence-electron chi connectivity index (χ3n) is 3.70. The smallest absolute Gasteiger partial charge is 0.235 e. The molecule has 1 aromatic rings. The molecule has 90 valence electrons. The molecule has 3 nitrogen and oxygen atoms in total. The SMILES string of the molecule is O=C1Nc2c(Cl)cc(Cl)cc2C12CCNCC2. The molecule has 1 amide bonds. The maximum Gasteiger partial charge on any atom is 0.235 e. The van der Waals surface area contributed by atoms with Crippen molar-refractivity contribution in [2.75, 3.05) is 18.4 Å². The summed E-state index contributed by atoms with van der Waals surface area (Å²) in [5.74, 6) is 0.0539. The zero-order valence-electron chi connectivity index (χ0n) is 9.15. The Bertz CT molecular complexity index is 496. The summed E-state index contributed by atoms with van der Waals surface area (Å²) < 4.78 is 0. The Morgan fingerprint density at radius 2 is 1.88 bits per heavy atom. The molecule has 1 aromatic carbocycles. The first-order valence-electron chi connectivity index (χ1n) is 5.65. The lowest BCUT2D eigenvalue weighted by Crippen LogP contribution is -2.44. The fraction of sp³-hybridized carbons (Fsp3) is 0.417. The molecule has 0 radical (unpaired) electrons. The Kier molecular flexibility index (Phi) is 2.58. The summed E-state index contributed by atoms with van der Waals surface area (Å²) in [6.45, 7) is 1.69. The molecular weight excluding hydrogens is 259 g/mol. The Labute approximate surface area is 109 Å². The molecule has 0 aliphatic carbocycles. The number of carbonyl (C=O) groups excluding carboxylic acids is 1. The van der Waals surface area contributed by atoms with Gasteiger partial charge in [-0.05, 0) is 43.6 Å². The number of hydrogen-bond acceptors (Lipinski definition) is 2. The van der Waals surface area contributed by atoms with E-state index in [-0.39, 0.29) is 5.91 Å². The summed E-state index contributed by atoms with van der Waals surface area (Å²) in [5, 5.41) is 7.28. The van der Waals surface area contributed by atoms with Gasteiger partial charge < -0.3 is 10.6 Å². The number of hydrogen-bond donors (Lipinski definition) is 2. The van der Waals surface area contributed by atoms with Crippen molar-refractivity contribution < 1.29 is 4.79 Å². The largest absolute Gasteiger partial charge is 0.324 e. The van der Waals surface area contributed by atoms with E-state index in [1.165, 1.54) is 0 Å². The number of rotatable bonds is 0. The highest BCUT2D eigenvalue weighted by atomic mass is 35.5. The predicted molar refractivity (Wildman–Crippen MR) is 68.9 cm³/mol. The van der Waals surface area contributed by atoms with E-state index in [2.05, 4.69) is 10.6 Å². The van der Waals surface area contributed by atoms with Gasteiger partial charge in [-0.1, -0.05) is 23.2 Å². The zero-order chi connectivity index (χ0) is 12.0. The highest BCUT2D eigenvalue weighted by Crippen LogP contribution is 2.47. The Hall–Kier alpha value is -0.770. The molecule has 2 aliphatic heterocycles. The van der Waals surface area contributed by atoms with Crippen molar-refractivity contribution in [3.8, 4) is 0 Å². The summed E-state index contributed by atoms with van der Waals surface area (Å²) >= 11 is 12.2. The molecule has 0 bridgehead atoms. The highest BCUT2D eigenvalue weighted by molar-refractivity contribution is 6.37. The number of halogens is 2. The van der Waals surface area contributed by atoms with Crippen LogP contribution in [-0.2, 0) is 10.2 Å². The minimum atomic E-state index is -0.435. The van der Waals surface area contributed by atoms with E-state index in [1.54, 1.807) is 6.07 Å². The fourth-order valence-corrected chi connectivity index (χ4v) is 3.32. The van der Waals surface area contributed by atoms with Crippen LogP contribution in [0.3, 0.4) is 0 Å². The van der Waals surface area contributed by atoms with Crippen molar-refractivity contribution in [2.24, 2.45) is 0 Å². The molecule has 2 N–H and O–H groups in total. The van der Waals surface area contributed by atoms with E-state index in [4.69, 9.17) is 23.2 Å². The van der Waals surface area contributed by atoms with Gasteiger partial charge in [0.25, 0.3) is 0 Å². The Morgan fingerprint density at radius 3 is 2.59 bits per heavy atom. The number of piperidine rings is 1. The van der Waals surface area contributed by atoms with Crippen molar-refractivity contribution in [1.29, 1.82) is 0 Å². The molecule has 2 aliphatic rings. The molecule has 1 fully saturated rings. The second-order valence-corrected chi connectivity index (χ2v) is 5.44. The summed E-state index contributed by atoms with van der Waals surface area (Å²) in [5.41, 5.74) is 1.26. The number of fused-ring (bicyclic) bond motifs is 2. The van der Waals surface area contributed by atoms with Gasteiger partial charge in [-0.15, -0.1) is 0 Å². The summed E-state index contributed by atoms with van der Waals surface area (Å²) in [4.78, 5) is 12.2. The van der Waals surface area contributed by atoms with Crippen LogP contribution in [0.5, 0.6) is 0 Å². The number of carbonyl (C=O) groups is 1. The number of benzene rings is 1. The van der Waals surface area contributed by atoms with E-state index in [1.807, 2.05) is 6.07 Å². The standard InChI is InChI=1S/C12H12Cl2N2O/c13-7-5-8-10(9(14)6-7)16-11(17)12(8)1-3-15-4-2-12/h5-6,15H,1-4H2,(H,16,17). The molecule has 17 heavy (non-hydrogen) atoms. The molecular formula is C12H12Cl2N2O. The first-order valence-corrected chi connectivity index (χ1v) is 6.41. The van der Waals surface area contributed by atoms with Crippen molar-refractivity contribution in [3.63, 3.8) is 0 Å². The van der Waals surface area contributed by atoms with Crippen LogP contribution in [-0.4, -0.2) is 19.0 Å². The van der Waals surface area contributed by atoms with Gasteiger partial charge in [0.2, 0.25) is 5.91 Å². The minimum absolute atomic E-state index is 0.0539. The van der Waals surface area contributed by atoms with Crippen LogP contribution < -0.4 is 10.6 Å².